The molecule has 1 saturated heterocycles. The number of carbonyl (C=O) groups is 1. The van der Waals surface area contributed by atoms with Gasteiger partial charge in [0.05, 0.1) is 0 Å². The molecule has 0 N–H and O–H groups in total. The summed E-state index contributed by atoms with van der Waals surface area (Å²) in [6.07, 6.45) is 4.91. The van der Waals surface area contributed by atoms with Crippen LogP contribution in [0.3, 0.4) is 0 Å². The summed E-state index contributed by atoms with van der Waals surface area (Å²) in [4.78, 5) is 25.1. The van der Waals surface area contributed by atoms with Crippen molar-refractivity contribution < 1.29 is 14.3 Å². The van der Waals surface area contributed by atoms with Crippen molar-refractivity contribution in [2.24, 2.45) is 7.05 Å². The average molecular weight is 393 g/mol. The number of ether oxygens (including phenoxy) is 2. The lowest BCUT2D eigenvalue weighted by atomic mass is 10.2. The van der Waals surface area contributed by atoms with Crippen LogP contribution in [0.2, 0.25) is 0 Å². The number of carbonyl (C=O) groups excluding carboxylic acids is 1. The number of fused-ring (bicyclic) bond motifs is 2. The van der Waals surface area contributed by atoms with E-state index < -0.39 is 0 Å². The first-order valence-corrected chi connectivity index (χ1v) is 9.31. The normalized spacial score (nSPS) is 16.2. The predicted molar refractivity (Wildman–Crippen MR) is 104 cm³/mol. The number of nitrogens with zero attached hydrogens (tertiary/aromatic N) is 7. The summed E-state index contributed by atoms with van der Waals surface area (Å²) < 4.78 is 12.3. The highest BCUT2D eigenvalue weighted by molar-refractivity contribution is 5.92. The minimum atomic E-state index is -0.0188. The fraction of sp³-hybridized carbons (Fsp3) is 0.316. The fourth-order valence-corrected chi connectivity index (χ4v) is 3.50. The molecule has 2 aliphatic heterocycles. The minimum absolute atomic E-state index is 0.0188. The molecule has 0 saturated carbocycles. The number of rotatable bonds is 3. The lowest BCUT2D eigenvalue weighted by molar-refractivity contribution is -0.126. The van der Waals surface area contributed by atoms with E-state index in [-0.39, 0.29) is 12.7 Å². The quantitative estimate of drug-likeness (QED) is 0.604. The molecular formula is C19H19N7O3. The van der Waals surface area contributed by atoms with Gasteiger partial charge in [-0.15, -0.1) is 5.10 Å². The molecule has 0 radical (unpaired) electrons. The van der Waals surface area contributed by atoms with Crippen molar-refractivity contribution in [3.8, 4) is 11.5 Å². The van der Waals surface area contributed by atoms with Gasteiger partial charge in [0.25, 0.3) is 0 Å². The highest BCUT2D eigenvalue weighted by Gasteiger charge is 2.23. The van der Waals surface area contributed by atoms with Gasteiger partial charge in [-0.3, -0.25) is 4.79 Å². The van der Waals surface area contributed by atoms with Crippen molar-refractivity contribution in [2.45, 2.75) is 0 Å². The number of piperazine rings is 1. The van der Waals surface area contributed by atoms with Crippen LogP contribution in [0, 0.1) is 0 Å². The number of hydrogen-bond donors (Lipinski definition) is 0. The van der Waals surface area contributed by atoms with Gasteiger partial charge in [0.15, 0.2) is 28.5 Å². The maximum Gasteiger partial charge on any atom is 0.246 e. The van der Waals surface area contributed by atoms with Gasteiger partial charge >= 0.3 is 0 Å². The van der Waals surface area contributed by atoms with Crippen LogP contribution in [-0.4, -0.2) is 68.7 Å². The molecule has 148 valence electrons. The summed E-state index contributed by atoms with van der Waals surface area (Å²) >= 11 is 0. The van der Waals surface area contributed by atoms with E-state index in [0.29, 0.717) is 43.1 Å². The van der Waals surface area contributed by atoms with Gasteiger partial charge in [0.2, 0.25) is 12.7 Å². The number of hydrogen-bond acceptors (Lipinski definition) is 8. The number of aryl methyl sites for hydroxylation is 1. The second-order valence-electron chi connectivity index (χ2n) is 6.84. The standard InChI is InChI=1S/C19H19N7O3/c1-24-18-17(22-23-24)19(21-11-20-18)26-8-6-25(7-9-26)16(27)5-3-13-2-4-14-15(10-13)29-12-28-14/h2-5,10-11H,6-9,12H2,1H3. The fourth-order valence-electron chi connectivity index (χ4n) is 3.50. The highest BCUT2D eigenvalue weighted by atomic mass is 16.7. The Morgan fingerprint density at radius 3 is 2.79 bits per heavy atom. The molecule has 2 aliphatic rings. The van der Waals surface area contributed by atoms with Gasteiger partial charge in [-0.05, 0) is 23.8 Å². The third-order valence-electron chi connectivity index (χ3n) is 5.07. The monoisotopic (exact) mass is 393 g/mol. The van der Waals surface area contributed by atoms with E-state index in [1.807, 2.05) is 23.1 Å². The van der Waals surface area contributed by atoms with Gasteiger partial charge in [0.1, 0.15) is 6.33 Å². The van der Waals surface area contributed by atoms with Gasteiger partial charge in [0, 0.05) is 39.3 Å². The lowest BCUT2D eigenvalue weighted by Gasteiger charge is -2.34. The Morgan fingerprint density at radius 2 is 1.93 bits per heavy atom. The third kappa shape index (κ3) is 3.22. The van der Waals surface area contributed by atoms with Gasteiger partial charge in [-0.25, -0.2) is 14.6 Å². The van der Waals surface area contributed by atoms with Crippen LogP contribution >= 0.6 is 0 Å². The van der Waals surface area contributed by atoms with E-state index >= 15 is 0 Å². The molecule has 3 aromatic rings. The van der Waals surface area contributed by atoms with Crippen molar-refractivity contribution in [3.05, 3.63) is 36.2 Å². The van der Waals surface area contributed by atoms with E-state index in [2.05, 4.69) is 25.2 Å². The van der Waals surface area contributed by atoms with Crippen molar-refractivity contribution in [2.75, 3.05) is 37.9 Å². The first-order chi connectivity index (χ1) is 14.2. The average Bonchev–Trinajstić information content (AvgIpc) is 3.38. The molecule has 1 fully saturated rings. The van der Waals surface area contributed by atoms with Gasteiger partial charge < -0.3 is 19.3 Å². The highest BCUT2D eigenvalue weighted by Crippen LogP contribution is 2.32. The maximum atomic E-state index is 12.6. The molecule has 1 aromatic carbocycles. The number of anilines is 1. The van der Waals surface area contributed by atoms with E-state index in [0.717, 1.165) is 17.1 Å². The van der Waals surface area contributed by atoms with Crippen LogP contribution in [-0.2, 0) is 11.8 Å². The SMILES string of the molecule is Cn1nnc2c(N3CCN(C(=O)C=Cc4ccc5c(c4)OCO5)CC3)ncnc21. The summed E-state index contributed by atoms with van der Waals surface area (Å²) in [6, 6.07) is 5.61. The molecule has 1 amide bonds. The second kappa shape index (κ2) is 7.04. The molecule has 5 rings (SSSR count). The predicted octanol–water partition coefficient (Wildman–Crippen LogP) is 0.849. The summed E-state index contributed by atoms with van der Waals surface area (Å²) in [7, 11) is 1.80. The van der Waals surface area contributed by atoms with Crippen LogP contribution in [0.25, 0.3) is 17.2 Å². The molecule has 4 heterocycles. The molecular weight excluding hydrogens is 374 g/mol. The maximum absolute atomic E-state index is 12.6. The largest absolute Gasteiger partial charge is 0.454 e. The topological polar surface area (TPSA) is 98.5 Å². The molecule has 0 unspecified atom stereocenters. The zero-order valence-electron chi connectivity index (χ0n) is 15.9. The molecule has 2 aromatic heterocycles. The van der Waals surface area contributed by atoms with Crippen LogP contribution in [0.4, 0.5) is 5.82 Å². The second-order valence-corrected chi connectivity index (χ2v) is 6.84. The van der Waals surface area contributed by atoms with Gasteiger partial charge in [-0.2, -0.15) is 0 Å². The Labute approximate surface area is 166 Å². The van der Waals surface area contributed by atoms with E-state index in [1.54, 1.807) is 23.9 Å². The number of amides is 1. The molecule has 10 heteroatoms. The van der Waals surface area contributed by atoms with Crippen LogP contribution in [0.15, 0.2) is 30.6 Å². The smallest absolute Gasteiger partial charge is 0.246 e. The van der Waals surface area contributed by atoms with Crippen LogP contribution in [0.1, 0.15) is 5.56 Å². The Bertz CT molecular complexity index is 1100. The Kier molecular flexibility index (Phi) is 4.23. The summed E-state index contributed by atoms with van der Waals surface area (Å²) in [5, 5.41) is 8.19. The molecule has 0 spiro atoms. The van der Waals surface area contributed by atoms with E-state index in [1.165, 1.54) is 6.33 Å². The Balaban J connectivity index is 1.24. The number of aromatic nitrogens is 5. The molecule has 10 nitrogen and oxygen atoms in total. The number of benzene rings is 1. The van der Waals surface area contributed by atoms with E-state index in [9.17, 15) is 4.79 Å². The molecule has 0 bridgehead atoms. The zero-order valence-corrected chi connectivity index (χ0v) is 15.9. The third-order valence-corrected chi connectivity index (χ3v) is 5.07. The van der Waals surface area contributed by atoms with Crippen molar-refractivity contribution in [1.82, 2.24) is 29.9 Å². The van der Waals surface area contributed by atoms with Crippen molar-refractivity contribution >= 4 is 29.0 Å². The first kappa shape index (κ1) is 17.4. The molecule has 0 atom stereocenters. The van der Waals surface area contributed by atoms with E-state index in [4.69, 9.17) is 9.47 Å². The summed E-state index contributed by atoms with van der Waals surface area (Å²) in [5.74, 6) is 2.17. The minimum Gasteiger partial charge on any atom is -0.454 e. The Hall–Kier alpha value is -3.69. The molecule has 0 aliphatic carbocycles. The summed E-state index contributed by atoms with van der Waals surface area (Å²) in [5.41, 5.74) is 2.27. The van der Waals surface area contributed by atoms with Crippen molar-refractivity contribution in [1.29, 1.82) is 0 Å². The lowest BCUT2D eigenvalue weighted by Crippen LogP contribution is -2.48. The van der Waals surface area contributed by atoms with Crippen molar-refractivity contribution in [3.63, 3.8) is 0 Å². The Morgan fingerprint density at radius 1 is 1.10 bits per heavy atom. The van der Waals surface area contributed by atoms with Crippen LogP contribution in [0.5, 0.6) is 11.5 Å². The van der Waals surface area contributed by atoms with Gasteiger partial charge in [-0.1, -0.05) is 11.3 Å². The zero-order chi connectivity index (χ0) is 19.8. The van der Waals surface area contributed by atoms with Crippen LogP contribution < -0.4 is 14.4 Å². The molecule has 29 heavy (non-hydrogen) atoms. The summed E-state index contributed by atoms with van der Waals surface area (Å²) in [6.45, 7) is 2.80. The first-order valence-electron chi connectivity index (χ1n) is 9.31.